The fourth-order valence-corrected chi connectivity index (χ4v) is 3.77. The third kappa shape index (κ3) is 5.32. The number of anilines is 1. The van der Waals surface area contributed by atoms with Gasteiger partial charge < -0.3 is 19.9 Å². The van der Waals surface area contributed by atoms with E-state index in [1.807, 2.05) is 73.3 Å². The average Bonchev–Trinajstić information content (AvgIpc) is 2.77. The van der Waals surface area contributed by atoms with Gasteiger partial charge in [-0.25, -0.2) is 0 Å². The van der Waals surface area contributed by atoms with E-state index in [0.29, 0.717) is 32.6 Å². The normalized spacial score (nSPS) is 15.1. The van der Waals surface area contributed by atoms with Gasteiger partial charge in [-0.3, -0.25) is 9.59 Å². The molecule has 2 aromatic carbocycles. The van der Waals surface area contributed by atoms with Gasteiger partial charge in [-0.15, -0.1) is 0 Å². The number of carbonyl (C=O) groups excluding carboxylic acids is 2. The summed E-state index contributed by atoms with van der Waals surface area (Å²) in [6.07, 6.45) is 0.401. The van der Waals surface area contributed by atoms with Gasteiger partial charge in [-0.05, 0) is 23.6 Å². The number of benzene rings is 2. The maximum atomic E-state index is 13.4. The standard InChI is InChI=1S/C24H31N3O3/c1-18(2)17-22(28)25-23(19-9-5-4-6-10-19)24(29)27-15-13-26(14-16-27)20-11-7-8-12-21(20)30-3/h4-12,18,23H,13-17H2,1-3H3,(H,25,28). The second kappa shape index (κ2) is 10.1. The van der Waals surface area contributed by atoms with E-state index in [0.717, 1.165) is 17.0 Å². The molecule has 1 atom stereocenters. The first-order valence-electron chi connectivity index (χ1n) is 10.5. The first-order valence-corrected chi connectivity index (χ1v) is 10.5. The minimum absolute atomic E-state index is 0.0574. The number of hydrogen-bond donors (Lipinski definition) is 1. The largest absolute Gasteiger partial charge is 0.495 e. The van der Waals surface area contributed by atoms with E-state index in [-0.39, 0.29) is 17.7 Å². The maximum absolute atomic E-state index is 13.4. The molecule has 1 heterocycles. The molecule has 0 aromatic heterocycles. The van der Waals surface area contributed by atoms with Crippen LogP contribution in [0.3, 0.4) is 0 Å². The molecule has 0 bridgehead atoms. The molecule has 1 unspecified atom stereocenters. The Morgan fingerprint density at radius 2 is 1.60 bits per heavy atom. The number of hydrogen-bond acceptors (Lipinski definition) is 4. The van der Waals surface area contributed by atoms with Crippen molar-refractivity contribution in [3.63, 3.8) is 0 Å². The maximum Gasteiger partial charge on any atom is 0.249 e. The third-order valence-electron chi connectivity index (χ3n) is 5.30. The van der Waals surface area contributed by atoms with Crippen LogP contribution in [0.1, 0.15) is 31.9 Å². The first kappa shape index (κ1) is 21.7. The van der Waals surface area contributed by atoms with E-state index in [4.69, 9.17) is 4.74 Å². The summed E-state index contributed by atoms with van der Waals surface area (Å²) in [5, 5.41) is 2.96. The summed E-state index contributed by atoms with van der Waals surface area (Å²) in [5.74, 6) is 0.916. The van der Waals surface area contributed by atoms with Crippen LogP contribution in [0.25, 0.3) is 0 Å². The molecule has 3 rings (SSSR count). The monoisotopic (exact) mass is 409 g/mol. The molecule has 1 aliphatic heterocycles. The van der Waals surface area contributed by atoms with Crippen molar-refractivity contribution in [2.45, 2.75) is 26.3 Å². The predicted molar refractivity (Wildman–Crippen MR) is 119 cm³/mol. The highest BCUT2D eigenvalue weighted by Gasteiger charge is 2.30. The van der Waals surface area contributed by atoms with Crippen molar-refractivity contribution in [1.29, 1.82) is 0 Å². The zero-order chi connectivity index (χ0) is 21.5. The van der Waals surface area contributed by atoms with E-state index in [2.05, 4.69) is 10.2 Å². The fraction of sp³-hybridized carbons (Fsp3) is 0.417. The summed E-state index contributed by atoms with van der Waals surface area (Å²) in [5.41, 5.74) is 1.85. The van der Waals surface area contributed by atoms with Crippen LogP contribution < -0.4 is 15.0 Å². The average molecular weight is 410 g/mol. The Morgan fingerprint density at radius 3 is 2.23 bits per heavy atom. The molecule has 160 valence electrons. The molecule has 1 saturated heterocycles. The Hall–Kier alpha value is -3.02. The first-order chi connectivity index (χ1) is 14.5. The van der Waals surface area contributed by atoms with Crippen LogP contribution in [0.4, 0.5) is 5.69 Å². The summed E-state index contributed by atoms with van der Waals surface area (Å²) < 4.78 is 5.47. The minimum Gasteiger partial charge on any atom is -0.495 e. The SMILES string of the molecule is COc1ccccc1N1CCN(C(=O)C(NC(=O)CC(C)C)c2ccccc2)CC1. The van der Waals surface area contributed by atoms with Crippen LogP contribution in [-0.2, 0) is 9.59 Å². The van der Waals surface area contributed by atoms with Gasteiger partial charge in [0.15, 0.2) is 0 Å². The van der Waals surface area contributed by atoms with Gasteiger partial charge in [0.1, 0.15) is 11.8 Å². The van der Waals surface area contributed by atoms with E-state index in [1.54, 1.807) is 7.11 Å². The number of rotatable bonds is 7. The van der Waals surface area contributed by atoms with Crippen molar-refractivity contribution in [3.8, 4) is 5.75 Å². The molecule has 2 amide bonds. The molecule has 6 heteroatoms. The quantitative estimate of drug-likeness (QED) is 0.763. The lowest BCUT2D eigenvalue weighted by molar-refractivity contribution is -0.137. The lowest BCUT2D eigenvalue weighted by Crippen LogP contribution is -2.52. The highest BCUT2D eigenvalue weighted by Crippen LogP contribution is 2.29. The van der Waals surface area contributed by atoms with Crippen molar-refractivity contribution < 1.29 is 14.3 Å². The van der Waals surface area contributed by atoms with Crippen LogP contribution >= 0.6 is 0 Å². The summed E-state index contributed by atoms with van der Waals surface area (Å²) in [7, 11) is 1.67. The lowest BCUT2D eigenvalue weighted by Gasteiger charge is -2.38. The minimum atomic E-state index is -0.657. The van der Waals surface area contributed by atoms with Crippen LogP contribution in [0, 0.1) is 5.92 Å². The van der Waals surface area contributed by atoms with Crippen LogP contribution in [-0.4, -0.2) is 50.0 Å². The Kier molecular flexibility index (Phi) is 7.33. The number of nitrogens with zero attached hydrogens (tertiary/aromatic N) is 2. The molecule has 6 nitrogen and oxygen atoms in total. The van der Waals surface area contributed by atoms with E-state index in [1.165, 1.54) is 0 Å². The van der Waals surface area contributed by atoms with Gasteiger partial charge in [0.25, 0.3) is 0 Å². The number of ether oxygens (including phenoxy) is 1. The summed E-state index contributed by atoms with van der Waals surface area (Å²) in [4.78, 5) is 29.9. The van der Waals surface area contributed by atoms with Crippen LogP contribution in [0.2, 0.25) is 0 Å². The fourth-order valence-electron chi connectivity index (χ4n) is 3.77. The van der Waals surface area contributed by atoms with Crippen molar-refractivity contribution in [1.82, 2.24) is 10.2 Å². The second-order valence-electron chi connectivity index (χ2n) is 7.99. The predicted octanol–water partition coefficient (Wildman–Crippen LogP) is 3.25. The number of amides is 2. The van der Waals surface area contributed by atoms with Crippen molar-refractivity contribution >= 4 is 17.5 Å². The Labute approximate surface area is 178 Å². The highest BCUT2D eigenvalue weighted by atomic mass is 16.5. The molecular formula is C24H31N3O3. The number of piperazine rings is 1. The molecule has 1 aliphatic rings. The molecular weight excluding hydrogens is 378 g/mol. The van der Waals surface area contributed by atoms with Crippen molar-refractivity contribution in [3.05, 3.63) is 60.2 Å². The zero-order valence-electron chi connectivity index (χ0n) is 18.0. The molecule has 30 heavy (non-hydrogen) atoms. The van der Waals surface area contributed by atoms with Gasteiger partial charge in [0, 0.05) is 32.6 Å². The Balaban J connectivity index is 1.70. The van der Waals surface area contributed by atoms with Crippen molar-refractivity contribution in [2.24, 2.45) is 5.92 Å². The van der Waals surface area contributed by atoms with Gasteiger partial charge >= 0.3 is 0 Å². The molecule has 0 aliphatic carbocycles. The van der Waals surface area contributed by atoms with E-state index in [9.17, 15) is 9.59 Å². The second-order valence-corrected chi connectivity index (χ2v) is 7.99. The summed E-state index contributed by atoms with van der Waals surface area (Å²) in [6, 6.07) is 16.7. The molecule has 1 fully saturated rings. The zero-order valence-corrected chi connectivity index (χ0v) is 18.0. The lowest BCUT2D eigenvalue weighted by atomic mass is 10.0. The van der Waals surface area contributed by atoms with Crippen LogP contribution in [0.5, 0.6) is 5.75 Å². The van der Waals surface area contributed by atoms with Gasteiger partial charge in [0.05, 0.1) is 12.8 Å². The molecule has 0 spiro atoms. The molecule has 0 saturated carbocycles. The topological polar surface area (TPSA) is 61.9 Å². The summed E-state index contributed by atoms with van der Waals surface area (Å²) >= 11 is 0. The number of para-hydroxylation sites is 2. The van der Waals surface area contributed by atoms with Gasteiger partial charge in [-0.1, -0.05) is 56.3 Å². The summed E-state index contributed by atoms with van der Waals surface area (Å²) in [6.45, 7) is 6.62. The number of methoxy groups -OCH3 is 1. The Bertz CT molecular complexity index is 846. The van der Waals surface area contributed by atoms with Crippen LogP contribution in [0.15, 0.2) is 54.6 Å². The smallest absolute Gasteiger partial charge is 0.249 e. The third-order valence-corrected chi connectivity index (χ3v) is 5.30. The molecule has 1 N–H and O–H groups in total. The number of carbonyl (C=O) groups is 2. The van der Waals surface area contributed by atoms with E-state index >= 15 is 0 Å². The molecule has 0 radical (unpaired) electrons. The van der Waals surface area contributed by atoms with Gasteiger partial charge in [-0.2, -0.15) is 0 Å². The number of nitrogens with one attached hydrogen (secondary N) is 1. The Morgan fingerprint density at radius 1 is 0.967 bits per heavy atom. The van der Waals surface area contributed by atoms with E-state index < -0.39 is 6.04 Å². The van der Waals surface area contributed by atoms with Gasteiger partial charge in [0.2, 0.25) is 11.8 Å². The molecule has 2 aromatic rings. The highest BCUT2D eigenvalue weighted by molar-refractivity contribution is 5.89. The van der Waals surface area contributed by atoms with Crippen molar-refractivity contribution in [2.75, 3.05) is 38.2 Å².